The summed E-state index contributed by atoms with van der Waals surface area (Å²) in [6.07, 6.45) is 1.23. The molecule has 0 radical (unpaired) electrons. The van der Waals surface area contributed by atoms with Gasteiger partial charge in [0.2, 0.25) is 0 Å². The molecule has 4 nitrogen and oxygen atoms in total. The van der Waals surface area contributed by atoms with Crippen LogP contribution in [0.2, 0.25) is 0 Å². The number of cyclic esters (lactones) is 2. The SMILES string of the molecule is COc1cccc2c1CCC1=C2C(=O)OC1=O. The van der Waals surface area contributed by atoms with E-state index in [1.165, 1.54) is 0 Å². The summed E-state index contributed by atoms with van der Waals surface area (Å²) in [4.78, 5) is 23.1. The van der Waals surface area contributed by atoms with Crippen LogP contribution in [0.15, 0.2) is 23.8 Å². The molecule has 0 bridgehead atoms. The average Bonchev–Trinajstić information content (AvgIpc) is 2.64. The summed E-state index contributed by atoms with van der Waals surface area (Å²) in [5, 5.41) is 0. The number of esters is 2. The van der Waals surface area contributed by atoms with E-state index in [2.05, 4.69) is 4.74 Å². The second-order valence-electron chi connectivity index (χ2n) is 4.02. The molecule has 0 atom stereocenters. The number of hydrogen-bond acceptors (Lipinski definition) is 4. The summed E-state index contributed by atoms with van der Waals surface area (Å²) >= 11 is 0. The predicted octanol–water partition coefficient (Wildman–Crippen LogP) is 1.48. The molecule has 1 aliphatic heterocycles. The van der Waals surface area contributed by atoms with E-state index in [0.29, 0.717) is 24.0 Å². The molecule has 1 aromatic carbocycles. The van der Waals surface area contributed by atoms with Gasteiger partial charge in [-0.05, 0) is 24.5 Å². The number of hydrogen-bond donors (Lipinski definition) is 0. The normalized spacial score (nSPS) is 17.7. The zero-order chi connectivity index (χ0) is 12.0. The molecule has 0 fully saturated rings. The third-order valence-electron chi connectivity index (χ3n) is 3.18. The van der Waals surface area contributed by atoms with Crippen LogP contribution in [-0.4, -0.2) is 19.0 Å². The van der Waals surface area contributed by atoms with E-state index in [0.717, 1.165) is 16.9 Å². The Morgan fingerprint density at radius 3 is 2.76 bits per heavy atom. The highest BCUT2D eigenvalue weighted by atomic mass is 16.6. The van der Waals surface area contributed by atoms with Crippen LogP contribution in [-0.2, 0) is 20.7 Å². The zero-order valence-corrected chi connectivity index (χ0v) is 9.28. The van der Waals surface area contributed by atoms with Gasteiger partial charge in [-0.3, -0.25) is 0 Å². The van der Waals surface area contributed by atoms with Gasteiger partial charge in [0.25, 0.3) is 0 Å². The predicted molar refractivity (Wildman–Crippen MR) is 59.3 cm³/mol. The minimum absolute atomic E-state index is 0.412. The standard InChI is InChI=1S/C13H10O4/c1-16-10-4-2-3-8-7(10)5-6-9-11(8)13(15)17-12(9)14/h2-4H,5-6H2,1H3. The number of methoxy groups -OCH3 is 1. The maximum absolute atomic E-state index is 11.6. The lowest BCUT2D eigenvalue weighted by Gasteiger charge is -2.17. The van der Waals surface area contributed by atoms with Crippen molar-refractivity contribution in [1.29, 1.82) is 0 Å². The van der Waals surface area contributed by atoms with Gasteiger partial charge in [0.1, 0.15) is 5.75 Å². The maximum atomic E-state index is 11.6. The average molecular weight is 230 g/mol. The molecule has 0 amide bonds. The van der Waals surface area contributed by atoms with Crippen molar-refractivity contribution in [3.05, 3.63) is 34.9 Å². The fourth-order valence-corrected chi connectivity index (χ4v) is 2.42. The molecule has 17 heavy (non-hydrogen) atoms. The third-order valence-corrected chi connectivity index (χ3v) is 3.18. The first-order chi connectivity index (χ1) is 8.22. The minimum Gasteiger partial charge on any atom is -0.496 e. The fourth-order valence-electron chi connectivity index (χ4n) is 2.42. The van der Waals surface area contributed by atoms with Gasteiger partial charge in [-0.15, -0.1) is 0 Å². The van der Waals surface area contributed by atoms with Crippen LogP contribution in [0.1, 0.15) is 17.5 Å². The molecule has 1 aliphatic carbocycles. The molecule has 0 N–H and O–H groups in total. The van der Waals surface area contributed by atoms with Crippen molar-refractivity contribution in [2.75, 3.05) is 7.11 Å². The van der Waals surface area contributed by atoms with Crippen molar-refractivity contribution in [2.24, 2.45) is 0 Å². The van der Waals surface area contributed by atoms with Gasteiger partial charge in [-0.1, -0.05) is 12.1 Å². The summed E-state index contributed by atoms with van der Waals surface area (Å²) in [6, 6.07) is 5.49. The van der Waals surface area contributed by atoms with E-state index in [1.807, 2.05) is 18.2 Å². The lowest BCUT2D eigenvalue weighted by atomic mass is 9.86. The smallest absolute Gasteiger partial charge is 0.347 e. The Hall–Kier alpha value is -2.10. The van der Waals surface area contributed by atoms with E-state index in [1.54, 1.807) is 7.11 Å². The van der Waals surface area contributed by atoms with Gasteiger partial charge in [-0.2, -0.15) is 0 Å². The van der Waals surface area contributed by atoms with E-state index in [-0.39, 0.29) is 0 Å². The largest absolute Gasteiger partial charge is 0.496 e. The molecule has 1 aromatic rings. The summed E-state index contributed by atoms with van der Waals surface area (Å²) in [5.74, 6) is -0.293. The second kappa shape index (κ2) is 3.45. The van der Waals surface area contributed by atoms with Crippen molar-refractivity contribution in [1.82, 2.24) is 0 Å². The first kappa shape index (κ1) is 10.1. The fraction of sp³-hybridized carbons (Fsp3) is 0.231. The van der Waals surface area contributed by atoms with Gasteiger partial charge >= 0.3 is 11.9 Å². The molecular formula is C13H10O4. The van der Waals surface area contributed by atoms with Gasteiger partial charge in [-0.25, -0.2) is 9.59 Å². The van der Waals surface area contributed by atoms with Crippen LogP contribution in [0, 0.1) is 0 Å². The lowest BCUT2D eigenvalue weighted by Crippen LogP contribution is -2.08. The zero-order valence-electron chi connectivity index (χ0n) is 9.28. The first-order valence-electron chi connectivity index (χ1n) is 5.38. The highest BCUT2D eigenvalue weighted by Crippen LogP contribution is 2.39. The van der Waals surface area contributed by atoms with Crippen molar-refractivity contribution < 1.29 is 19.1 Å². The first-order valence-corrected chi connectivity index (χ1v) is 5.38. The van der Waals surface area contributed by atoms with E-state index < -0.39 is 11.9 Å². The second-order valence-corrected chi connectivity index (χ2v) is 4.02. The Kier molecular flexibility index (Phi) is 2.04. The molecule has 4 heteroatoms. The van der Waals surface area contributed by atoms with Gasteiger partial charge in [0.05, 0.1) is 18.3 Å². The molecule has 0 aromatic heterocycles. The number of carbonyl (C=O) groups excluding carboxylic acids is 2. The van der Waals surface area contributed by atoms with Crippen LogP contribution in [0.3, 0.4) is 0 Å². The van der Waals surface area contributed by atoms with Crippen molar-refractivity contribution in [3.8, 4) is 5.75 Å². The Morgan fingerprint density at radius 1 is 1.18 bits per heavy atom. The summed E-state index contributed by atoms with van der Waals surface area (Å²) in [7, 11) is 1.59. The highest BCUT2D eigenvalue weighted by molar-refractivity contribution is 6.31. The van der Waals surface area contributed by atoms with Crippen LogP contribution in [0.5, 0.6) is 5.75 Å². The molecular weight excluding hydrogens is 220 g/mol. The minimum atomic E-state index is -0.542. The molecule has 0 saturated carbocycles. The van der Waals surface area contributed by atoms with Crippen molar-refractivity contribution >= 4 is 17.5 Å². The van der Waals surface area contributed by atoms with Crippen LogP contribution >= 0.6 is 0 Å². The van der Waals surface area contributed by atoms with Crippen molar-refractivity contribution in [2.45, 2.75) is 12.8 Å². The van der Waals surface area contributed by atoms with Gasteiger partial charge < -0.3 is 9.47 Å². The van der Waals surface area contributed by atoms with Crippen LogP contribution in [0.4, 0.5) is 0 Å². The molecule has 0 saturated heterocycles. The topological polar surface area (TPSA) is 52.6 Å². The quantitative estimate of drug-likeness (QED) is 0.541. The number of ether oxygens (including phenoxy) is 2. The van der Waals surface area contributed by atoms with Crippen LogP contribution < -0.4 is 4.74 Å². The molecule has 2 aliphatic rings. The van der Waals surface area contributed by atoms with Crippen LogP contribution in [0.25, 0.3) is 5.57 Å². The van der Waals surface area contributed by atoms with Crippen molar-refractivity contribution in [3.63, 3.8) is 0 Å². The Balaban J connectivity index is 2.25. The van der Waals surface area contributed by atoms with E-state index >= 15 is 0 Å². The van der Waals surface area contributed by atoms with E-state index in [9.17, 15) is 9.59 Å². The lowest BCUT2D eigenvalue weighted by molar-refractivity contribution is -0.150. The van der Waals surface area contributed by atoms with E-state index in [4.69, 9.17) is 4.74 Å². The highest BCUT2D eigenvalue weighted by Gasteiger charge is 2.37. The number of carbonyl (C=O) groups is 2. The maximum Gasteiger partial charge on any atom is 0.347 e. The molecule has 0 unspecified atom stereocenters. The Morgan fingerprint density at radius 2 is 2.00 bits per heavy atom. The monoisotopic (exact) mass is 230 g/mol. The Labute approximate surface area is 97.8 Å². The number of rotatable bonds is 1. The number of benzene rings is 1. The Bertz CT molecular complexity index is 569. The molecule has 1 heterocycles. The summed E-state index contributed by atoms with van der Waals surface area (Å²) in [5.41, 5.74) is 2.65. The number of fused-ring (bicyclic) bond motifs is 2. The summed E-state index contributed by atoms with van der Waals surface area (Å²) in [6.45, 7) is 0. The molecule has 3 rings (SSSR count). The van der Waals surface area contributed by atoms with Gasteiger partial charge in [0.15, 0.2) is 0 Å². The third kappa shape index (κ3) is 1.30. The summed E-state index contributed by atoms with van der Waals surface area (Å²) < 4.78 is 9.91. The molecule has 86 valence electrons. The molecule has 0 spiro atoms. The van der Waals surface area contributed by atoms with Gasteiger partial charge in [0, 0.05) is 5.56 Å².